The molecule has 136 valence electrons. The summed E-state index contributed by atoms with van der Waals surface area (Å²) in [6.45, 7) is 0. The summed E-state index contributed by atoms with van der Waals surface area (Å²) in [5.74, 6) is 1.06. The average Bonchev–Trinajstić information content (AvgIpc) is 3.26. The van der Waals surface area contributed by atoms with Crippen LogP contribution in [0.3, 0.4) is 0 Å². The molecule has 0 spiro atoms. The average molecular weight is 368 g/mol. The van der Waals surface area contributed by atoms with Crippen LogP contribution >= 0.6 is 0 Å². The number of aromatic nitrogens is 2. The highest BCUT2D eigenvalue weighted by Gasteiger charge is 2.05. The van der Waals surface area contributed by atoms with Gasteiger partial charge in [0.05, 0.1) is 23.4 Å². The molecule has 2 aromatic carbocycles. The normalized spacial score (nSPS) is 11.4. The first-order valence-corrected chi connectivity index (χ1v) is 8.68. The number of para-hydroxylation sites is 1. The summed E-state index contributed by atoms with van der Waals surface area (Å²) >= 11 is 0. The lowest BCUT2D eigenvalue weighted by Gasteiger charge is -2.07. The summed E-state index contributed by atoms with van der Waals surface area (Å²) in [6, 6.07) is 16.9. The molecule has 0 N–H and O–H groups in total. The van der Waals surface area contributed by atoms with Crippen molar-refractivity contribution < 1.29 is 13.9 Å². The van der Waals surface area contributed by atoms with Gasteiger partial charge >= 0.3 is 0 Å². The third-order valence-corrected chi connectivity index (χ3v) is 4.02. The molecule has 0 aliphatic rings. The number of carbonyl (C=O) groups is 1. The molecule has 4 rings (SSSR count). The van der Waals surface area contributed by atoms with Crippen molar-refractivity contribution in [3.63, 3.8) is 0 Å². The van der Waals surface area contributed by atoms with Crippen LogP contribution in [0.1, 0.15) is 11.1 Å². The van der Waals surface area contributed by atoms with Gasteiger partial charge in [0.1, 0.15) is 12.1 Å². The van der Waals surface area contributed by atoms with Crippen LogP contribution in [0.15, 0.2) is 90.0 Å². The van der Waals surface area contributed by atoms with Crippen molar-refractivity contribution >= 4 is 28.8 Å². The van der Waals surface area contributed by atoms with Crippen molar-refractivity contribution in [3.8, 4) is 11.6 Å². The van der Waals surface area contributed by atoms with Gasteiger partial charge in [-0.05, 0) is 54.1 Å². The second kappa shape index (κ2) is 8.14. The molecule has 0 saturated heterocycles. The van der Waals surface area contributed by atoms with Crippen molar-refractivity contribution in [2.24, 2.45) is 0 Å². The molecular formula is C23H16N2O3. The van der Waals surface area contributed by atoms with Crippen LogP contribution in [-0.4, -0.2) is 15.8 Å². The number of fused-ring (bicyclic) bond motifs is 1. The number of rotatable bonds is 6. The SMILES string of the molecule is O=C(C=Cc1ccc(Oc2ncnc3ccccc23)cc1)C=Cc1ccoc1. The summed E-state index contributed by atoms with van der Waals surface area (Å²) in [4.78, 5) is 20.3. The number of carbonyl (C=O) groups excluding carboxylic acids is 1. The lowest BCUT2D eigenvalue weighted by molar-refractivity contribution is -0.110. The predicted molar refractivity (Wildman–Crippen MR) is 108 cm³/mol. The molecule has 0 saturated carbocycles. The number of hydrogen-bond donors (Lipinski definition) is 0. The standard InChI is InChI=1S/C23H16N2O3/c26-19(10-6-18-13-14-27-15-18)9-5-17-7-11-20(12-8-17)28-23-21-3-1-2-4-22(21)24-16-25-23/h1-16H. The van der Waals surface area contributed by atoms with Gasteiger partial charge in [-0.2, -0.15) is 0 Å². The lowest BCUT2D eigenvalue weighted by Crippen LogP contribution is -1.91. The smallest absolute Gasteiger partial charge is 0.230 e. The van der Waals surface area contributed by atoms with Crippen LogP contribution < -0.4 is 4.74 Å². The van der Waals surface area contributed by atoms with E-state index in [1.807, 2.05) is 48.5 Å². The molecule has 5 heteroatoms. The largest absolute Gasteiger partial charge is 0.472 e. The Morgan fingerprint density at radius 3 is 2.46 bits per heavy atom. The number of benzene rings is 2. The summed E-state index contributed by atoms with van der Waals surface area (Å²) in [5, 5.41) is 0.851. The van der Waals surface area contributed by atoms with Gasteiger partial charge in [0.2, 0.25) is 5.88 Å². The van der Waals surface area contributed by atoms with Crippen LogP contribution in [0.2, 0.25) is 0 Å². The quantitative estimate of drug-likeness (QED) is 0.432. The van der Waals surface area contributed by atoms with E-state index < -0.39 is 0 Å². The molecule has 0 fully saturated rings. The molecule has 28 heavy (non-hydrogen) atoms. The van der Waals surface area contributed by atoms with Gasteiger partial charge in [0.25, 0.3) is 0 Å². The zero-order valence-corrected chi connectivity index (χ0v) is 14.9. The molecule has 0 unspecified atom stereocenters. The van der Waals surface area contributed by atoms with E-state index in [0.717, 1.165) is 22.0 Å². The topological polar surface area (TPSA) is 65.2 Å². The number of ketones is 1. The second-order valence-corrected chi connectivity index (χ2v) is 5.99. The molecule has 0 radical (unpaired) electrons. The molecule has 0 bridgehead atoms. The van der Waals surface area contributed by atoms with Crippen LogP contribution in [0, 0.1) is 0 Å². The molecule has 2 heterocycles. The zero-order valence-electron chi connectivity index (χ0n) is 14.9. The third-order valence-electron chi connectivity index (χ3n) is 4.02. The van der Waals surface area contributed by atoms with Crippen LogP contribution in [-0.2, 0) is 4.79 Å². The molecule has 2 aromatic heterocycles. The fourth-order valence-corrected chi connectivity index (χ4v) is 2.60. The van der Waals surface area contributed by atoms with Crippen molar-refractivity contribution in [3.05, 3.63) is 96.7 Å². The number of nitrogens with zero attached hydrogens (tertiary/aromatic N) is 2. The number of allylic oxidation sites excluding steroid dienone is 2. The molecular weight excluding hydrogens is 352 g/mol. The third kappa shape index (κ3) is 4.22. The van der Waals surface area contributed by atoms with Crippen molar-refractivity contribution in [1.29, 1.82) is 0 Å². The Balaban J connectivity index is 1.43. The van der Waals surface area contributed by atoms with Gasteiger partial charge in [-0.25, -0.2) is 9.97 Å². The van der Waals surface area contributed by atoms with E-state index in [-0.39, 0.29) is 5.78 Å². The monoisotopic (exact) mass is 368 g/mol. The number of hydrogen-bond acceptors (Lipinski definition) is 5. The van der Waals surface area contributed by atoms with Gasteiger partial charge in [-0.3, -0.25) is 4.79 Å². The fourth-order valence-electron chi connectivity index (χ4n) is 2.60. The summed E-state index contributed by atoms with van der Waals surface area (Å²) in [7, 11) is 0. The van der Waals surface area contributed by atoms with E-state index in [4.69, 9.17) is 9.15 Å². The van der Waals surface area contributed by atoms with E-state index in [1.54, 1.807) is 30.7 Å². The van der Waals surface area contributed by atoms with Crippen molar-refractivity contribution in [2.45, 2.75) is 0 Å². The Labute approximate surface area is 161 Å². The zero-order chi connectivity index (χ0) is 19.2. The molecule has 0 atom stereocenters. The highest BCUT2D eigenvalue weighted by atomic mass is 16.5. The second-order valence-electron chi connectivity index (χ2n) is 5.99. The molecule has 0 aliphatic carbocycles. The molecule has 5 nitrogen and oxygen atoms in total. The fraction of sp³-hybridized carbons (Fsp3) is 0. The van der Waals surface area contributed by atoms with Crippen molar-refractivity contribution in [2.75, 3.05) is 0 Å². The minimum Gasteiger partial charge on any atom is -0.472 e. The minimum atomic E-state index is -0.103. The first-order valence-electron chi connectivity index (χ1n) is 8.68. The van der Waals surface area contributed by atoms with Gasteiger partial charge < -0.3 is 9.15 Å². The summed E-state index contributed by atoms with van der Waals surface area (Å²) < 4.78 is 10.8. The Hall–Kier alpha value is -3.99. The van der Waals surface area contributed by atoms with Gasteiger partial charge in [-0.15, -0.1) is 0 Å². The van der Waals surface area contributed by atoms with Crippen LogP contribution in [0.4, 0.5) is 0 Å². The van der Waals surface area contributed by atoms with E-state index in [0.29, 0.717) is 11.6 Å². The maximum absolute atomic E-state index is 11.9. The predicted octanol–water partition coefficient (Wildman–Crippen LogP) is 5.31. The molecule has 0 amide bonds. The van der Waals surface area contributed by atoms with E-state index in [9.17, 15) is 4.79 Å². The van der Waals surface area contributed by atoms with E-state index in [2.05, 4.69) is 9.97 Å². The maximum Gasteiger partial charge on any atom is 0.230 e. The van der Waals surface area contributed by atoms with Crippen LogP contribution in [0.25, 0.3) is 23.1 Å². The minimum absolute atomic E-state index is 0.103. The molecule has 0 aliphatic heterocycles. The Bertz CT molecular complexity index is 1140. The first-order chi connectivity index (χ1) is 13.8. The van der Waals surface area contributed by atoms with Gasteiger partial charge in [0.15, 0.2) is 5.78 Å². The number of ether oxygens (including phenoxy) is 1. The number of furan rings is 1. The van der Waals surface area contributed by atoms with E-state index in [1.165, 1.54) is 18.5 Å². The summed E-state index contributed by atoms with van der Waals surface area (Å²) in [5.41, 5.74) is 2.57. The Morgan fingerprint density at radius 1 is 0.893 bits per heavy atom. The van der Waals surface area contributed by atoms with E-state index >= 15 is 0 Å². The highest BCUT2D eigenvalue weighted by Crippen LogP contribution is 2.26. The first kappa shape index (κ1) is 17.4. The Morgan fingerprint density at radius 2 is 1.68 bits per heavy atom. The van der Waals surface area contributed by atoms with Crippen molar-refractivity contribution in [1.82, 2.24) is 9.97 Å². The summed E-state index contributed by atoms with van der Waals surface area (Å²) in [6.07, 6.45) is 11.1. The van der Waals surface area contributed by atoms with Gasteiger partial charge in [0, 0.05) is 5.56 Å². The maximum atomic E-state index is 11.9. The van der Waals surface area contributed by atoms with Crippen LogP contribution in [0.5, 0.6) is 11.6 Å². The van der Waals surface area contributed by atoms with Gasteiger partial charge in [-0.1, -0.05) is 30.3 Å². The molecule has 4 aromatic rings. The lowest BCUT2D eigenvalue weighted by atomic mass is 10.2. The highest BCUT2D eigenvalue weighted by molar-refractivity contribution is 6.04. The Kier molecular flexibility index (Phi) is 5.06.